The standard InChI is InChI=1S/C31H38N2O9/c1-12(2)11-32-16-10-30(3,40)9-13-7-14-19(24(36)18(13)16)25(37)20-17(34)8-15-27(21(20)23(14)35)41-29-26(38)22(33(5)6)28(39)31(15,4)42-29/h7-8,12,16,22,26,28-29,32,34,36,38-40H,9-11H2,1-6H3. The van der Waals surface area contributed by atoms with Crippen LogP contribution in [0.5, 0.6) is 17.2 Å². The summed E-state index contributed by atoms with van der Waals surface area (Å²) in [5.41, 5.74) is -2.30. The van der Waals surface area contributed by atoms with Crippen molar-refractivity contribution in [1.29, 1.82) is 0 Å². The Bertz CT molecular complexity index is 1520. The molecule has 0 aromatic heterocycles. The lowest BCUT2D eigenvalue weighted by molar-refractivity contribution is -0.311. The summed E-state index contributed by atoms with van der Waals surface area (Å²) in [5, 5.41) is 59.5. The first kappa shape index (κ1) is 29.0. The lowest BCUT2D eigenvalue weighted by atomic mass is 9.72. The van der Waals surface area contributed by atoms with Crippen LogP contribution in [0.3, 0.4) is 0 Å². The molecule has 2 bridgehead atoms. The summed E-state index contributed by atoms with van der Waals surface area (Å²) in [5.74, 6) is -2.08. The van der Waals surface area contributed by atoms with Gasteiger partial charge in [0.25, 0.3) is 0 Å². The van der Waals surface area contributed by atoms with E-state index in [9.17, 15) is 35.1 Å². The largest absolute Gasteiger partial charge is 0.507 e. The number of likely N-dealkylation sites (N-methyl/N-ethyl adjacent to an activating group) is 1. The Balaban J connectivity index is 1.54. The van der Waals surface area contributed by atoms with E-state index in [2.05, 4.69) is 5.32 Å². The number of ketones is 2. The number of aliphatic hydroxyl groups is 3. The highest BCUT2D eigenvalue weighted by atomic mass is 16.7. The number of rotatable bonds is 4. The Hall–Kier alpha value is -3.06. The van der Waals surface area contributed by atoms with Gasteiger partial charge in [-0.15, -0.1) is 0 Å². The van der Waals surface area contributed by atoms with Crippen LogP contribution >= 0.6 is 0 Å². The number of carbonyl (C=O) groups excluding carboxylic acids is 2. The molecule has 42 heavy (non-hydrogen) atoms. The fourth-order valence-corrected chi connectivity index (χ4v) is 7.18. The van der Waals surface area contributed by atoms with Crippen LogP contribution in [-0.4, -0.2) is 92.8 Å². The fraction of sp³-hybridized carbons (Fsp3) is 0.548. The van der Waals surface area contributed by atoms with E-state index in [1.807, 2.05) is 13.8 Å². The number of carbonyl (C=O) groups is 2. The van der Waals surface area contributed by atoms with Gasteiger partial charge in [0.15, 0.2) is 5.78 Å². The Morgan fingerprint density at radius 3 is 2.40 bits per heavy atom. The molecule has 226 valence electrons. The second-order valence-corrected chi connectivity index (χ2v) is 13.2. The Labute approximate surface area is 243 Å². The first-order valence-corrected chi connectivity index (χ1v) is 14.3. The van der Waals surface area contributed by atoms with Gasteiger partial charge in [0.05, 0.1) is 28.3 Å². The number of phenols is 2. The first-order chi connectivity index (χ1) is 19.6. The quantitative estimate of drug-likeness (QED) is 0.263. The molecule has 1 saturated heterocycles. The van der Waals surface area contributed by atoms with Gasteiger partial charge in [-0.2, -0.15) is 0 Å². The molecule has 11 nitrogen and oxygen atoms in total. The maximum Gasteiger partial charge on any atom is 0.228 e. The maximum absolute atomic E-state index is 14.2. The van der Waals surface area contributed by atoms with Gasteiger partial charge in [-0.3, -0.25) is 9.59 Å². The first-order valence-electron chi connectivity index (χ1n) is 14.3. The minimum Gasteiger partial charge on any atom is -0.507 e. The van der Waals surface area contributed by atoms with Crippen LogP contribution in [-0.2, 0) is 16.8 Å². The highest BCUT2D eigenvalue weighted by Gasteiger charge is 2.59. The number of nitrogens with zero attached hydrogens (tertiary/aromatic N) is 1. The van der Waals surface area contributed by atoms with Gasteiger partial charge in [0.1, 0.15) is 35.1 Å². The van der Waals surface area contributed by atoms with Crippen LogP contribution in [0.2, 0.25) is 0 Å². The van der Waals surface area contributed by atoms with Crippen LogP contribution in [0.1, 0.15) is 88.7 Å². The van der Waals surface area contributed by atoms with E-state index in [0.29, 0.717) is 24.1 Å². The molecule has 1 fully saturated rings. The van der Waals surface area contributed by atoms with Crippen LogP contribution < -0.4 is 10.1 Å². The smallest absolute Gasteiger partial charge is 0.228 e. The van der Waals surface area contributed by atoms with Gasteiger partial charge in [-0.25, -0.2) is 0 Å². The van der Waals surface area contributed by atoms with E-state index in [4.69, 9.17) is 9.47 Å². The molecular formula is C31H38N2O9. The van der Waals surface area contributed by atoms with Crippen LogP contribution in [0, 0.1) is 5.92 Å². The molecule has 6 N–H and O–H groups in total. The second-order valence-electron chi connectivity index (χ2n) is 13.2. The predicted octanol–water partition coefficient (Wildman–Crippen LogP) is 1.47. The number of benzene rings is 2. The summed E-state index contributed by atoms with van der Waals surface area (Å²) < 4.78 is 12.0. The zero-order valence-corrected chi connectivity index (χ0v) is 24.6. The Morgan fingerprint density at radius 2 is 1.76 bits per heavy atom. The summed E-state index contributed by atoms with van der Waals surface area (Å²) in [4.78, 5) is 29.9. The number of aliphatic hydroxyl groups excluding tert-OH is 2. The predicted molar refractivity (Wildman–Crippen MR) is 150 cm³/mol. The van der Waals surface area contributed by atoms with Crippen molar-refractivity contribution < 1.29 is 44.6 Å². The lowest BCUT2D eigenvalue weighted by Crippen LogP contribution is -2.68. The molecule has 0 amide bonds. The van der Waals surface area contributed by atoms with E-state index in [-0.39, 0.29) is 51.7 Å². The summed E-state index contributed by atoms with van der Waals surface area (Å²) in [6.45, 7) is 7.94. The Kier molecular flexibility index (Phi) is 6.55. The van der Waals surface area contributed by atoms with Crippen molar-refractivity contribution in [2.75, 3.05) is 20.6 Å². The van der Waals surface area contributed by atoms with Crippen molar-refractivity contribution >= 4 is 11.6 Å². The van der Waals surface area contributed by atoms with Crippen molar-refractivity contribution in [3.63, 3.8) is 0 Å². The maximum atomic E-state index is 14.2. The van der Waals surface area contributed by atoms with Crippen molar-refractivity contribution in [3.05, 3.63) is 51.1 Å². The fourth-order valence-electron chi connectivity index (χ4n) is 7.18. The van der Waals surface area contributed by atoms with Gasteiger partial charge in [-0.1, -0.05) is 13.8 Å². The number of hydrogen-bond donors (Lipinski definition) is 6. The lowest BCUT2D eigenvalue weighted by Gasteiger charge is -2.53. The zero-order chi connectivity index (χ0) is 30.6. The summed E-state index contributed by atoms with van der Waals surface area (Å²) in [6.07, 6.45) is -3.39. The average Bonchev–Trinajstić information content (AvgIpc) is 2.88. The van der Waals surface area contributed by atoms with Crippen molar-refractivity contribution in [2.45, 2.75) is 82.3 Å². The topological polar surface area (TPSA) is 169 Å². The number of aromatic hydroxyl groups is 2. The highest BCUT2D eigenvalue weighted by molar-refractivity contribution is 6.31. The minimum absolute atomic E-state index is 0.0680. The van der Waals surface area contributed by atoms with Gasteiger partial charge in [0, 0.05) is 29.2 Å². The number of ether oxygens (including phenoxy) is 2. The summed E-state index contributed by atoms with van der Waals surface area (Å²) in [7, 11) is 3.39. The van der Waals surface area contributed by atoms with Crippen molar-refractivity contribution in [1.82, 2.24) is 10.2 Å². The molecule has 2 aliphatic carbocycles. The number of phenolic OH excluding ortho intramolecular Hbond substituents is 2. The molecule has 2 heterocycles. The van der Waals surface area contributed by atoms with Crippen LogP contribution in [0.15, 0.2) is 12.1 Å². The third-order valence-corrected chi connectivity index (χ3v) is 9.19. The van der Waals surface area contributed by atoms with E-state index < -0.39 is 59.1 Å². The molecule has 7 unspecified atom stereocenters. The molecular weight excluding hydrogens is 544 g/mol. The number of fused-ring (bicyclic) bond motifs is 8. The molecule has 11 heteroatoms. The van der Waals surface area contributed by atoms with Gasteiger partial charge < -0.3 is 45.2 Å². The second kappa shape index (κ2) is 9.47. The summed E-state index contributed by atoms with van der Waals surface area (Å²) >= 11 is 0. The average molecular weight is 583 g/mol. The van der Waals surface area contributed by atoms with Gasteiger partial charge >= 0.3 is 0 Å². The van der Waals surface area contributed by atoms with E-state index in [1.54, 1.807) is 32.8 Å². The monoisotopic (exact) mass is 582 g/mol. The van der Waals surface area contributed by atoms with Crippen LogP contribution in [0.4, 0.5) is 0 Å². The van der Waals surface area contributed by atoms with E-state index in [0.717, 1.165) is 0 Å². The molecule has 0 saturated carbocycles. The highest BCUT2D eigenvalue weighted by Crippen LogP contribution is 2.54. The van der Waals surface area contributed by atoms with Gasteiger partial charge in [-0.05, 0) is 64.5 Å². The molecule has 4 aliphatic rings. The van der Waals surface area contributed by atoms with Crippen LogP contribution in [0.25, 0.3) is 0 Å². The molecule has 2 aliphatic heterocycles. The zero-order valence-electron chi connectivity index (χ0n) is 24.6. The molecule has 0 radical (unpaired) electrons. The van der Waals surface area contributed by atoms with E-state index in [1.165, 1.54) is 12.1 Å². The third kappa shape index (κ3) is 4.02. The SMILES string of the molecule is CC(C)CNC1CC(C)(O)Cc2cc3c(c(O)c21)C(=O)c1c(O)cc2c(c1C3=O)OC1OC2(C)C(O)C(N(C)C)C1O. The summed E-state index contributed by atoms with van der Waals surface area (Å²) in [6, 6.07) is 1.53. The molecule has 2 aromatic rings. The molecule has 0 spiro atoms. The Morgan fingerprint density at radius 1 is 1.07 bits per heavy atom. The number of nitrogens with one attached hydrogen (secondary N) is 1. The van der Waals surface area contributed by atoms with Gasteiger partial charge in [0.2, 0.25) is 12.1 Å². The molecule has 2 aromatic carbocycles. The van der Waals surface area contributed by atoms with E-state index >= 15 is 0 Å². The molecule has 7 atom stereocenters. The van der Waals surface area contributed by atoms with Crippen molar-refractivity contribution in [3.8, 4) is 17.2 Å². The minimum atomic E-state index is -1.49. The third-order valence-electron chi connectivity index (χ3n) is 9.19. The van der Waals surface area contributed by atoms with Crippen molar-refractivity contribution in [2.24, 2.45) is 5.92 Å². The number of hydrogen-bond acceptors (Lipinski definition) is 11. The normalized spacial score (nSPS) is 33.2. The molecule has 6 rings (SSSR count).